The number of nitrogens with zero attached hydrogens (tertiary/aromatic N) is 2. The Morgan fingerprint density at radius 3 is 2.71 bits per heavy atom. The molecule has 2 rings (SSSR count). The van der Waals surface area contributed by atoms with Crippen molar-refractivity contribution in [3.63, 3.8) is 0 Å². The fraction of sp³-hybridized carbons (Fsp3) is 0.0833. The minimum absolute atomic E-state index is 0.0171. The molecule has 0 saturated carbocycles. The van der Waals surface area contributed by atoms with Gasteiger partial charge in [0.2, 0.25) is 0 Å². The van der Waals surface area contributed by atoms with Crippen LogP contribution in [0.15, 0.2) is 42.7 Å². The highest BCUT2D eigenvalue weighted by atomic mass is 16.4. The summed E-state index contributed by atoms with van der Waals surface area (Å²) in [4.78, 5) is 18.9. The Morgan fingerprint density at radius 2 is 2.00 bits per heavy atom. The second-order valence-electron chi connectivity index (χ2n) is 3.38. The van der Waals surface area contributed by atoms with E-state index in [1.807, 2.05) is 18.2 Å². The molecule has 86 valence electrons. The number of pyridine rings is 2. The average Bonchev–Trinajstić information content (AvgIpc) is 2.38. The number of hydrogen-bond acceptors (Lipinski definition) is 4. The summed E-state index contributed by atoms with van der Waals surface area (Å²) in [5.41, 5.74) is 1.35. The van der Waals surface area contributed by atoms with Gasteiger partial charge in [-0.1, -0.05) is 6.07 Å². The second-order valence-corrected chi connectivity index (χ2v) is 3.38. The van der Waals surface area contributed by atoms with Gasteiger partial charge in [0.25, 0.3) is 0 Å². The first-order chi connectivity index (χ1) is 8.27. The molecule has 2 aromatic heterocycles. The van der Waals surface area contributed by atoms with Gasteiger partial charge in [0, 0.05) is 12.4 Å². The predicted octanol–water partition coefficient (Wildman–Crippen LogP) is 1.79. The summed E-state index contributed by atoms with van der Waals surface area (Å²) in [5, 5.41) is 11.9. The molecule has 2 aromatic rings. The summed E-state index contributed by atoms with van der Waals surface area (Å²) in [6.45, 7) is 0.465. The first-order valence-corrected chi connectivity index (χ1v) is 5.09. The normalized spacial score (nSPS) is 9.88. The largest absolute Gasteiger partial charge is 0.476 e. The van der Waals surface area contributed by atoms with Crippen LogP contribution in [-0.4, -0.2) is 21.0 Å². The maximum atomic E-state index is 10.9. The van der Waals surface area contributed by atoms with Crippen LogP contribution in [0.1, 0.15) is 16.2 Å². The molecule has 17 heavy (non-hydrogen) atoms. The second kappa shape index (κ2) is 5.07. The van der Waals surface area contributed by atoms with Crippen molar-refractivity contribution < 1.29 is 9.90 Å². The summed E-state index contributed by atoms with van der Waals surface area (Å²) in [7, 11) is 0. The summed E-state index contributed by atoms with van der Waals surface area (Å²) in [6.07, 6.45) is 3.15. The Labute approximate surface area is 98.2 Å². The Hall–Kier alpha value is -2.43. The third-order valence-corrected chi connectivity index (χ3v) is 2.20. The Kier molecular flexibility index (Phi) is 3.30. The maximum Gasteiger partial charge on any atom is 0.356 e. The molecule has 0 bridgehead atoms. The summed E-state index contributed by atoms with van der Waals surface area (Å²) >= 11 is 0. The van der Waals surface area contributed by atoms with Gasteiger partial charge in [-0.2, -0.15) is 0 Å². The SMILES string of the molecule is O=C(O)c1ncccc1NCc1ccccn1. The Balaban J connectivity index is 2.12. The Bertz CT molecular complexity index is 514. The number of hydrogen-bond donors (Lipinski definition) is 2. The molecular weight excluding hydrogens is 218 g/mol. The lowest BCUT2D eigenvalue weighted by Crippen LogP contribution is -2.08. The van der Waals surface area contributed by atoms with Crippen molar-refractivity contribution in [2.75, 3.05) is 5.32 Å². The third kappa shape index (κ3) is 2.78. The lowest BCUT2D eigenvalue weighted by Gasteiger charge is -2.07. The van der Waals surface area contributed by atoms with E-state index in [1.165, 1.54) is 6.20 Å². The number of nitrogens with one attached hydrogen (secondary N) is 1. The van der Waals surface area contributed by atoms with Gasteiger partial charge in [0.1, 0.15) is 0 Å². The van der Waals surface area contributed by atoms with Gasteiger partial charge in [-0.3, -0.25) is 4.98 Å². The number of aromatic nitrogens is 2. The van der Waals surface area contributed by atoms with Crippen molar-refractivity contribution in [3.05, 3.63) is 54.1 Å². The van der Waals surface area contributed by atoms with E-state index in [4.69, 9.17) is 5.11 Å². The lowest BCUT2D eigenvalue weighted by molar-refractivity contribution is 0.0691. The highest BCUT2D eigenvalue weighted by molar-refractivity contribution is 5.91. The third-order valence-electron chi connectivity index (χ3n) is 2.20. The van der Waals surface area contributed by atoms with Crippen LogP contribution >= 0.6 is 0 Å². The van der Waals surface area contributed by atoms with Crippen LogP contribution in [0.2, 0.25) is 0 Å². The molecule has 0 unspecified atom stereocenters. The maximum absolute atomic E-state index is 10.9. The van der Waals surface area contributed by atoms with E-state index in [0.717, 1.165) is 5.69 Å². The van der Waals surface area contributed by atoms with E-state index < -0.39 is 5.97 Å². The number of carboxylic acid groups (broad SMARTS) is 1. The van der Waals surface area contributed by atoms with Crippen molar-refractivity contribution in [2.45, 2.75) is 6.54 Å². The van der Waals surface area contributed by atoms with Gasteiger partial charge in [-0.15, -0.1) is 0 Å². The molecule has 2 heterocycles. The van der Waals surface area contributed by atoms with E-state index in [-0.39, 0.29) is 5.69 Å². The lowest BCUT2D eigenvalue weighted by atomic mass is 10.3. The highest BCUT2D eigenvalue weighted by Gasteiger charge is 2.10. The fourth-order valence-corrected chi connectivity index (χ4v) is 1.41. The van der Waals surface area contributed by atoms with Gasteiger partial charge >= 0.3 is 5.97 Å². The van der Waals surface area contributed by atoms with E-state index in [1.54, 1.807) is 18.3 Å². The Morgan fingerprint density at radius 1 is 1.18 bits per heavy atom. The van der Waals surface area contributed by atoms with Crippen molar-refractivity contribution >= 4 is 11.7 Å². The quantitative estimate of drug-likeness (QED) is 0.835. The van der Waals surface area contributed by atoms with Crippen molar-refractivity contribution in [2.24, 2.45) is 0 Å². The molecule has 0 aliphatic carbocycles. The molecule has 0 radical (unpaired) electrons. The molecular formula is C12H11N3O2. The molecule has 0 spiro atoms. The van der Waals surface area contributed by atoms with Gasteiger partial charge in [0.15, 0.2) is 5.69 Å². The van der Waals surface area contributed by atoms with Gasteiger partial charge in [-0.25, -0.2) is 9.78 Å². The van der Waals surface area contributed by atoms with Crippen LogP contribution in [0.4, 0.5) is 5.69 Å². The summed E-state index contributed by atoms with van der Waals surface area (Å²) in [6, 6.07) is 8.94. The standard InChI is InChI=1S/C12H11N3O2/c16-12(17)11-10(5-3-7-14-11)15-8-9-4-1-2-6-13-9/h1-7,15H,8H2,(H,16,17). The zero-order valence-electron chi connectivity index (χ0n) is 9.00. The van der Waals surface area contributed by atoms with Crippen molar-refractivity contribution in [3.8, 4) is 0 Å². The van der Waals surface area contributed by atoms with Crippen LogP contribution in [-0.2, 0) is 6.54 Å². The number of carbonyl (C=O) groups is 1. The van der Waals surface area contributed by atoms with Crippen LogP contribution in [0.25, 0.3) is 0 Å². The number of anilines is 1. The number of aromatic carboxylic acids is 1. The molecule has 0 aliphatic rings. The molecule has 2 N–H and O–H groups in total. The molecule has 0 fully saturated rings. The summed E-state index contributed by atoms with van der Waals surface area (Å²) in [5.74, 6) is -1.05. The smallest absolute Gasteiger partial charge is 0.356 e. The van der Waals surface area contributed by atoms with E-state index in [0.29, 0.717) is 12.2 Å². The minimum Gasteiger partial charge on any atom is -0.476 e. The number of rotatable bonds is 4. The van der Waals surface area contributed by atoms with Crippen molar-refractivity contribution in [1.29, 1.82) is 0 Å². The van der Waals surface area contributed by atoms with E-state index in [2.05, 4.69) is 15.3 Å². The summed E-state index contributed by atoms with van der Waals surface area (Å²) < 4.78 is 0. The van der Waals surface area contributed by atoms with Gasteiger partial charge in [0.05, 0.1) is 17.9 Å². The monoisotopic (exact) mass is 229 g/mol. The molecule has 0 atom stereocenters. The van der Waals surface area contributed by atoms with E-state index >= 15 is 0 Å². The molecule has 0 amide bonds. The molecule has 0 aliphatic heterocycles. The molecule has 5 nitrogen and oxygen atoms in total. The zero-order chi connectivity index (χ0) is 12.1. The van der Waals surface area contributed by atoms with Crippen molar-refractivity contribution in [1.82, 2.24) is 9.97 Å². The first-order valence-electron chi connectivity index (χ1n) is 5.09. The number of carboxylic acids is 1. The average molecular weight is 229 g/mol. The van der Waals surface area contributed by atoms with Gasteiger partial charge < -0.3 is 10.4 Å². The van der Waals surface area contributed by atoms with Crippen LogP contribution in [0.5, 0.6) is 0 Å². The topological polar surface area (TPSA) is 75.1 Å². The van der Waals surface area contributed by atoms with Gasteiger partial charge in [-0.05, 0) is 24.3 Å². The molecule has 0 aromatic carbocycles. The predicted molar refractivity (Wildman–Crippen MR) is 62.8 cm³/mol. The minimum atomic E-state index is -1.05. The highest BCUT2D eigenvalue weighted by Crippen LogP contribution is 2.12. The van der Waals surface area contributed by atoms with Crippen LogP contribution in [0.3, 0.4) is 0 Å². The first kappa shape index (κ1) is 11.1. The van der Waals surface area contributed by atoms with E-state index in [9.17, 15) is 4.79 Å². The van der Waals surface area contributed by atoms with Crippen LogP contribution < -0.4 is 5.32 Å². The van der Waals surface area contributed by atoms with Crippen LogP contribution in [0, 0.1) is 0 Å². The molecule has 0 saturated heterocycles. The fourth-order valence-electron chi connectivity index (χ4n) is 1.41. The molecule has 5 heteroatoms. The zero-order valence-corrected chi connectivity index (χ0v) is 9.00.